The highest BCUT2D eigenvalue weighted by Crippen LogP contribution is 2.60. The van der Waals surface area contributed by atoms with Gasteiger partial charge in [-0.3, -0.25) is 4.79 Å². The first kappa shape index (κ1) is 17.4. The van der Waals surface area contributed by atoms with E-state index in [9.17, 15) is 9.18 Å². The zero-order valence-electron chi connectivity index (χ0n) is 15.7. The van der Waals surface area contributed by atoms with Crippen molar-refractivity contribution in [2.75, 3.05) is 0 Å². The molecule has 0 atom stereocenters. The van der Waals surface area contributed by atoms with Crippen molar-refractivity contribution in [2.24, 2.45) is 23.2 Å². The van der Waals surface area contributed by atoms with Crippen molar-refractivity contribution in [3.63, 3.8) is 0 Å². The maximum absolute atomic E-state index is 13.2. The number of carbonyl (C=O) groups is 1. The molecule has 0 unspecified atom stereocenters. The first-order valence-electron chi connectivity index (χ1n) is 10.5. The van der Waals surface area contributed by atoms with E-state index in [1.165, 1.54) is 19.3 Å². The molecule has 5 fully saturated rings. The van der Waals surface area contributed by atoms with Crippen LogP contribution in [0.5, 0.6) is 6.01 Å². The number of halogens is 1. The summed E-state index contributed by atoms with van der Waals surface area (Å²) in [5.41, 5.74) is -0.0654. The number of nitrogens with zero attached hydrogens (tertiary/aromatic N) is 2. The second kappa shape index (κ2) is 6.71. The number of hydrogen-bond acceptors (Lipinski definition) is 4. The van der Waals surface area contributed by atoms with Gasteiger partial charge in [0.15, 0.2) is 5.82 Å². The van der Waals surface area contributed by atoms with E-state index in [1.54, 1.807) is 0 Å². The summed E-state index contributed by atoms with van der Waals surface area (Å²) >= 11 is 0. The summed E-state index contributed by atoms with van der Waals surface area (Å²) in [5.74, 6) is 2.25. The van der Waals surface area contributed by atoms with Gasteiger partial charge in [-0.25, -0.2) is 14.4 Å². The lowest BCUT2D eigenvalue weighted by Gasteiger charge is -2.56. The monoisotopic (exact) mass is 373 g/mol. The van der Waals surface area contributed by atoms with Crippen molar-refractivity contribution in [1.82, 2.24) is 15.3 Å². The van der Waals surface area contributed by atoms with Crippen molar-refractivity contribution < 1.29 is 13.9 Å². The summed E-state index contributed by atoms with van der Waals surface area (Å²) in [7, 11) is 0. The lowest BCUT2D eigenvalue weighted by Crippen LogP contribution is -2.55. The minimum absolute atomic E-state index is 0.0446. The van der Waals surface area contributed by atoms with Crippen molar-refractivity contribution in [1.29, 1.82) is 0 Å². The zero-order valence-corrected chi connectivity index (χ0v) is 15.7. The molecule has 1 aromatic rings. The molecule has 6 rings (SSSR count). The molecule has 1 N–H and O–H groups in total. The van der Waals surface area contributed by atoms with Crippen LogP contribution in [-0.4, -0.2) is 28.0 Å². The summed E-state index contributed by atoms with van der Waals surface area (Å²) in [5, 5.41) is 3.39. The number of carbonyl (C=O) groups excluding carboxylic acids is 1. The normalized spacial score (nSPS) is 40.0. The van der Waals surface area contributed by atoms with Crippen LogP contribution in [-0.2, 0) is 4.79 Å². The summed E-state index contributed by atoms with van der Waals surface area (Å²) in [6, 6.07) is 0.483. The van der Waals surface area contributed by atoms with Gasteiger partial charge in [0.2, 0.25) is 5.91 Å². The quantitative estimate of drug-likeness (QED) is 0.875. The molecule has 0 radical (unpaired) electrons. The Bertz CT molecular complexity index is 665. The molecule has 1 heterocycles. The van der Waals surface area contributed by atoms with Crippen LogP contribution in [0.4, 0.5) is 4.39 Å². The Morgan fingerprint density at radius 1 is 1.00 bits per heavy atom. The smallest absolute Gasteiger partial charge is 0.316 e. The molecule has 5 aliphatic carbocycles. The van der Waals surface area contributed by atoms with E-state index in [4.69, 9.17) is 4.74 Å². The number of aromatic nitrogens is 2. The lowest BCUT2D eigenvalue weighted by atomic mass is 9.49. The van der Waals surface area contributed by atoms with E-state index in [2.05, 4.69) is 15.3 Å². The fourth-order valence-electron chi connectivity index (χ4n) is 6.56. The predicted octanol–water partition coefficient (Wildman–Crippen LogP) is 3.64. The van der Waals surface area contributed by atoms with E-state index in [1.807, 2.05) is 0 Å². The van der Waals surface area contributed by atoms with E-state index in [0.29, 0.717) is 5.91 Å². The van der Waals surface area contributed by atoms with Crippen molar-refractivity contribution in [3.8, 4) is 6.01 Å². The van der Waals surface area contributed by atoms with Crippen LogP contribution < -0.4 is 10.1 Å². The summed E-state index contributed by atoms with van der Waals surface area (Å²) < 4.78 is 18.6. The molecule has 27 heavy (non-hydrogen) atoms. The average molecular weight is 373 g/mol. The van der Waals surface area contributed by atoms with Gasteiger partial charge in [-0.2, -0.15) is 0 Å². The number of amides is 1. The molecule has 0 aromatic carbocycles. The Balaban J connectivity index is 1.14. The Morgan fingerprint density at radius 2 is 1.56 bits per heavy atom. The van der Waals surface area contributed by atoms with Crippen LogP contribution >= 0.6 is 0 Å². The standard InChI is InChI=1S/C21H28FN3O2/c22-16-11-23-20(24-12-16)27-18-3-1-17(2-4-18)25-19(26)21-8-13-5-14(9-21)7-15(6-13)10-21/h11-15,17-18H,1-10H2,(H,25,26). The third kappa shape index (κ3) is 3.43. The van der Waals surface area contributed by atoms with E-state index < -0.39 is 5.82 Å². The number of rotatable bonds is 4. The van der Waals surface area contributed by atoms with Gasteiger partial charge in [-0.15, -0.1) is 0 Å². The molecule has 1 amide bonds. The van der Waals surface area contributed by atoms with E-state index >= 15 is 0 Å². The highest BCUT2D eigenvalue weighted by molar-refractivity contribution is 5.83. The number of ether oxygens (including phenoxy) is 1. The van der Waals surface area contributed by atoms with Crippen LogP contribution in [0.25, 0.3) is 0 Å². The minimum atomic E-state index is -0.460. The Kier molecular flexibility index (Phi) is 4.32. The maximum Gasteiger partial charge on any atom is 0.316 e. The second-order valence-electron chi connectivity index (χ2n) is 9.45. The third-order valence-electron chi connectivity index (χ3n) is 7.40. The number of hydrogen-bond donors (Lipinski definition) is 1. The zero-order chi connectivity index (χ0) is 18.4. The molecule has 146 valence electrons. The molecule has 0 spiro atoms. The van der Waals surface area contributed by atoms with Gasteiger partial charge in [-0.05, 0) is 82.0 Å². The molecule has 1 aromatic heterocycles. The molecular weight excluding hydrogens is 345 g/mol. The Hall–Kier alpha value is -1.72. The lowest BCUT2D eigenvalue weighted by molar-refractivity contribution is -0.147. The van der Waals surface area contributed by atoms with Gasteiger partial charge in [0.25, 0.3) is 0 Å². The highest BCUT2D eigenvalue weighted by Gasteiger charge is 2.54. The Labute approximate surface area is 159 Å². The molecule has 4 bridgehead atoms. The second-order valence-corrected chi connectivity index (χ2v) is 9.45. The molecule has 0 saturated heterocycles. The topological polar surface area (TPSA) is 64.1 Å². The molecule has 6 heteroatoms. The van der Waals surface area contributed by atoms with Gasteiger partial charge < -0.3 is 10.1 Å². The van der Waals surface area contributed by atoms with Crippen LogP contribution in [0, 0.1) is 29.0 Å². The highest BCUT2D eigenvalue weighted by atomic mass is 19.1. The largest absolute Gasteiger partial charge is 0.460 e. The summed E-state index contributed by atoms with van der Waals surface area (Å²) in [4.78, 5) is 20.9. The fourth-order valence-corrected chi connectivity index (χ4v) is 6.56. The van der Waals surface area contributed by atoms with Crippen LogP contribution in [0.1, 0.15) is 64.2 Å². The van der Waals surface area contributed by atoms with E-state index in [0.717, 1.165) is 75.1 Å². The first-order chi connectivity index (χ1) is 13.1. The van der Waals surface area contributed by atoms with Gasteiger partial charge in [0.1, 0.15) is 6.10 Å². The third-order valence-corrected chi connectivity index (χ3v) is 7.40. The predicted molar refractivity (Wildman–Crippen MR) is 97.4 cm³/mol. The summed E-state index contributed by atoms with van der Waals surface area (Å²) in [6.07, 6.45) is 13.3. The van der Waals surface area contributed by atoms with Crippen LogP contribution in [0.2, 0.25) is 0 Å². The average Bonchev–Trinajstić information content (AvgIpc) is 2.64. The van der Waals surface area contributed by atoms with Gasteiger partial charge in [-0.1, -0.05) is 0 Å². The van der Waals surface area contributed by atoms with Crippen molar-refractivity contribution >= 4 is 5.91 Å². The molecule has 5 saturated carbocycles. The first-order valence-corrected chi connectivity index (χ1v) is 10.5. The molecule has 5 aliphatic rings. The molecule has 0 aliphatic heterocycles. The summed E-state index contributed by atoms with van der Waals surface area (Å²) in [6.45, 7) is 0. The Morgan fingerprint density at radius 3 is 2.11 bits per heavy atom. The van der Waals surface area contributed by atoms with Crippen LogP contribution in [0.3, 0.4) is 0 Å². The number of nitrogens with one attached hydrogen (secondary N) is 1. The van der Waals surface area contributed by atoms with E-state index in [-0.39, 0.29) is 23.6 Å². The van der Waals surface area contributed by atoms with Gasteiger partial charge in [0.05, 0.1) is 12.4 Å². The fraction of sp³-hybridized carbons (Fsp3) is 0.762. The SMILES string of the molecule is O=C(NC1CCC(Oc2ncc(F)cn2)CC1)C12CC3CC(CC(C3)C1)C2. The van der Waals surface area contributed by atoms with Gasteiger partial charge >= 0.3 is 6.01 Å². The maximum atomic E-state index is 13.2. The van der Waals surface area contributed by atoms with Crippen molar-refractivity contribution in [2.45, 2.75) is 76.4 Å². The molecule has 5 nitrogen and oxygen atoms in total. The van der Waals surface area contributed by atoms with Crippen molar-refractivity contribution in [3.05, 3.63) is 18.2 Å². The van der Waals surface area contributed by atoms with Gasteiger partial charge in [0, 0.05) is 11.5 Å². The van der Waals surface area contributed by atoms with Crippen LogP contribution in [0.15, 0.2) is 12.4 Å². The molecular formula is C21H28FN3O2. The minimum Gasteiger partial charge on any atom is -0.460 e.